The molecule has 2 rings (SSSR count). The van der Waals surface area contributed by atoms with Crippen LogP contribution >= 0.6 is 0 Å². The zero-order valence-corrected chi connectivity index (χ0v) is 15.9. The summed E-state index contributed by atoms with van der Waals surface area (Å²) >= 11 is 0. The van der Waals surface area contributed by atoms with Crippen LogP contribution in [0.3, 0.4) is 0 Å². The molecule has 0 fully saturated rings. The van der Waals surface area contributed by atoms with Gasteiger partial charge in [-0.1, -0.05) is 32.0 Å². The van der Waals surface area contributed by atoms with Gasteiger partial charge in [-0.15, -0.1) is 0 Å². The number of aromatic nitrogens is 2. The third-order valence-corrected chi connectivity index (χ3v) is 4.03. The van der Waals surface area contributed by atoms with Gasteiger partial charge in [-0.05, 0) is 25.3 Å². The highest BCUT2D eigenvalue weighted by Crippen LogP contribution is 2.29. The van der Waals surface area contributed by atoms with E-state index >= 15 is 0 Å². The van der Waals surface area contributed by atoms with E-state index in [4.69, 9.17) is 4.74 Å². The van der Waals surface area contributed by atoms with Gasteiger partial charge in [-0.2, -0.15) is 5.10 Å². The zero-order valence-electron chi connectivity index (χ0n) is 15.9. The Bertz CT molecular complexity index is 773. The first-order valence-electron chi connectivity index (χ1n) is 9.08. The smallest absolute Gasteiger partial charge is 0.306 e. The summed E-state index contributed by atoms with van der Waals surface area (Å²) in [5.41, 5.74) is 0.870. The van der Waals surface area contributed by atoms with Crippen LogP contribution in [0, 0.1) is 16.0 Å². The molecule has 8 heteroatoms. The molecule has 1 amide bonds. The molecule has 1 N–H and O–H groups in total. The number of carbonyl (C=O) groups excluding carboxylic acids is 1. The van der Waals surface area contributed by atoms with Gasteiger partial charge < -0.3 is 10.1 Å². The van der Waals surface area contributed by atoms with Crippen LogP contribution in [-0.2, 0) is 11.3 Å². The summed E-state index contributed by atoms with van der Waals surface area (Å²) in [6, 6.07) is 7.55. The van der Waals surface area contributed by atoms with Crippen molar-refractivity contribution in [1.29, 1.82) is 0 Å². The molecular weight excluding hydrogens is 348 g/mol. The molecular formula is C19H26N4O4. The fourth-order valence-electron chi connectivity index (χ4n) is 2.84. The number of hydrogen-bond donors (Lipinski definition) is 1. The lowest BCUT2D eigenvalue weighted by molar-refractivity contribution is -0.385. The number of nitrogens with one attached hydrogen (secondary N) is 1. The van der Waals surface area contributed by atoms with E-state index < -0.39 is 4.92 Å². The molecule has 0 aliphatic carbocycles. The molecule has 1 aromatic heterocycles. The quantitative estimate of drug-likeness (QED) is 0.507. The minimum Gasteiger partial charge on any atom is -0.494 e. The van der Waals surface area contributed by atoms with Gasteiger partial charge in [0.15, 0.2) is 0 Å². The van der Waals surface area contributed by atoms with Crippen LogP contribution in [0.25, 0.3) is 0 Å². The standard InChI is InChI=1S/C19H26N4O4/c1-4-27-18-8-6-5-7-16(18)17(11-14(2)3)21-19(24)9-10-22-13-15(12-20-22)23(25)26/h5-8,12-14,17H,4,9-11H2,1-3H3,(H,21,24)/t17-/m0/s1. The van der Waals surface area contributed by atoms with Crippen LogP contribution in [0.15, 0.2) is 36.7 Å². The summed E-state index contributed by atoms with van der Waals surface area (Å²) in [5.74, 6) is 1.03. The number of rotatable bonds is 10. The number of amides is 1. The first-order chi connectivity index (χ1) is 12.9. The fraction of sp³-hybridized carbons (Fsp3) is 0.474. The molecule has 1 aromatic carbocycles. The van der Waals surface area contributed by atoms with Crippen LogP contribution in [0.1, 0.15) is 45.2 Å². The molecule has 1 heterocycles. The maximum atomic E-state index is 12.5. The molecule has 8 nitrogen and oxygen atoms in total. The van der Waals surface area contributed by atoms with Crippen molar-refractivity contribution in [2.75, 3.05) is 6.61 Å². The van der Waals surface area contributed by atoms with Crippen molar-refractivity contribution < 1.29 is 14.5 Å². The van der Waals surface area contributed by atoms with Crippen molar-refractivity contribution >= 4 is 11.6 Å². The average Bonchev–Trinajstić information content (AvgIpc) is 3.09. The number of carbonyl (C=O) groups is 1. The second kappa shape index (κ2) is 9.70. The largest absolute Gasteiger partial charge is 0.494 e. The molecule has 0 aliphatic heterocycles. The van der Waals surface area contributed by atoms with Crippen molar-refractivity contribution in [3.05, 3.63) is 52.3 Å². The highest BCUT2D eigenvalue weighted by atomic mass is 16.6. The number of hydrogen-bond acceptors (Lipinski definition) is 5. The second-order valence-corrected chi connectivity index (χ2v) is 6.69. The normalized spacial score (nSPS) is 12.0. The van der Waals surface area contributed by atoms with Crippen molar-refractivity contribution in [3.63, 3.8) is 0 Å². The summed E-state index contributed by atoms with van der Waals surface area (Å²) in [7, 11) is 0. The van der Waals surface area contributed by atoms with E-state index in [1.54, 1.807) is 0 Å². The zero-order chi connectivity index (χ0) is 19.8. The van der Waals surface area contributed by atoms with E-state index in [9.17, 15) is 14.9 Å². The topological polar surface area (TPSA) is 99.3 Å². The van der Waals surface area contributed by atoms with Crippen LogP contribution in [0.2, 0.25) is 0 Å². The molecule has 146 valence electrons. The third kappa shape index (κ3) is 6.09. The van der Waals surface area contributed by atoms with Crippen LogP contribution in [0.4, 0.5) is 5.69 Å². The van der Waals surface area contributed by atoms with Gasteiger partial charge in [0.2, 0.25) is 5.91 Å². The van der Waals surface area contributed by atoms with Crippen molar-refractivity contribution in [3.8, 4) is 5.75 Å². The van der Waals surface area contributed by atoms with Crippen molar-refractivity contribution in [1.82, 2.24) is 15.1 Å². The number of nitrogens with zero attached hydrogens (tertiary/aromatic N) is 3. The van der Waals surface area contributed by atoms with Gasteiger partial charge in [0.05, 0.1) is 17.6 Å². The van der Waals surface area contributed by atoms with E-state index in [1.807, 2.05) is 31.2 Å². The Hall–Kier alpha value is -2.90. The second-order valence-electron chi connectivity index (χ2n) is 6.69. The lowest BCUT2D eigenvalue weighted by Crippen LogP contribution is -2.30. The van der Waals surface area contributed by atoms with Gasteiger partial charge >= 0.3 is 5.69 Å². The molecule has 0 aliphatic rings. The van der Waals surface area contributed by atoms with E-state index in [2.05, 4.69) is 24.3 Å². The average molecular weight is 374 g/mol. The molecule has 0 radical (unpaired) electrons. The SMILES string of the molecule is CCOc1ccccc1[C@H](CC(C)C)NC(=O)CCn1cc([N+](=O)[O-])cn1. The first-order valence-corrected chi connectivity index (χ1v) is 9.08. The molecule has 0 unspecified atom stereocenters. The summed E-state index contributed by atoms with van der Waals surface area (Å²) < 4.78 is 7.11. The molecule has 0 saturated heterocycles. The van der Waals surface area contributed by atoms with E-state index in [-0.39, 0.29) is 30.6 Å². The minimum atomic E-state index is -0.507. The monoisotopic (exact) mass is 374 g/mol. The van der Waals surface area contributed by atoms with E-state index in [1.165, 1.54) is 17.1 Å². The molecule has 0 bridgehead atoms. The van der Waals surface area contributed by atoms with Gasteiger partial charge in [-0.25, -0.2) is 0 Å². The van der Waals surface area contributed by atoms with Gasteiger partial charge in [0, 0.05) is 18.5 Å². The predicted molar refractivity (Wildman–Crippen MR) is 101 cm³/mol. The Morgan fingerprint density at radius 2 is 2.11 bits per heavy atom. The van der Waals surface area contributed by atoms with Crippen LogP contribution < -0.4 is 10.1 Å². The maximum Gasteiger partial charge on any atom is 0.306 e. The highest BCUT2D eigenvalue weighted by Gasteiger charge is 2.20. The van der Waals surface area contributed by atoms with Gasteiger partial charge in [0.25, 0.3) is 0 Å². The number of nitro groups is 1. The number of para-hydroxylation sites is 1. The Kier molecular flexibility index (Phi) is 7.34. The maximum absolute atomic E-state index is 12.5. The summed E-state index contributed by atoms with van der Waals surface area (Å²) in [6.07, 6.45) is 3.47. The Morgan fingerprint density at radius 3 is 2.74 bits per heavy atom. The minimum absolute atomic E-state index is 0.0845. The van der Waals surface area contributed by atoms with Crippen LogP contribution in [-0.4, -0.2) is 27.2 Å². The third-order valence-electron chi connectivity index (χ3n) is 4.03. The van der Waals surface area contributed by atoms with E-state index in [0.717, 1.165) is 17.7 Å². The molecule has 0 spiro atoms. The summed E-state index contributed by atoms with van der Waals surface area (Å²) in [6.45, 7) is 6.96. The van der Waals surface area contributed by atoms with Crippen molar-refractivity contribution in [2.24, 2.45) is 5.92 Å². The molecule has 1 atom stereocenters. The molecule has 0 saturated carbocycles. The lowest BCUT2D eigenvalue weighted by atomic mass is 9.96. The number of ether oxygens (including phenoxy) is 1. The van der Waals surface area contributed by atoms with Gasteiger partial charge in [-0.3, -0.25) is 19.6 Å². The Morgan fingerprint density at radius 1 is 1.37 bits per heavy atom. The van der Waals surface area contributed by atoms with Crippen LogP contribution in [0.5, 0.6) is 5.75 Å². The fourth-order valence-corrected chi connectivity index (χ4v) is 2.84. The highest BCUT2D eigenvalue weighted by molar-refractivity contribution is 5.76. The summed E-state index contributed by atoms with van der Waals surface area (Å²) in [4.78, 5) is 22.7. The van der Waals surface area contributed by atoms with Gasteiger partial charge in [0.1, 0.15) is 18.1 Å². The first kappa shape index (κ1) is 20.4. The summed E-state index contributed by atoms with van der Waals surface area (Å²) in [5, 5.41) is 17.7. The lowest BCUT2D eigenvalue weighted by Gasteiger charge is -2.23. The van der Waals surface area contributed by atoms with Crippen molar-refractivity contribution in [2.45, 2.75) is 46.2 Å². The Balaban J connectivity index is 2.04. The predicted octanol–water partition coefficient (Wildman–Crippen LogP) is 3.48. The number of aryl methyl sites for hydroxylation is 1. The molecule has 27 heavy (non-hydrogen) atoms. The van der Waals surface area contributed by atoms with E-state index in [0.29, 0.717) is 12.5 Å². The Labute approximate surface area is 158 Å². The number of benzene rings is 1. The molecule has 2 aromatic rings.